The molecule has 0 N–H and O–H groups in total. The van der Waals surface area contributed by atoms with Gasteiger partial charge in [0, 0.05) is 21.7 Å². The van der Waals surface area contributed by atoms with Gasteiger partial charge in [-0.15, -0.1) is 0 Å². The van der Waals surface area contributed by atoms with Gasteiger partial charge in [0.15, 0.2) is 0 Å². The van der Waals surface area contributed by atoms with Crippen molar-refractivity contribution in [2.45, 2.75) is 6.18 Å². The number of benzene rings is 3. The quantitative estimate of drug-likeness (QED) is 0.303. The van der Waals surface area contributed by atoms with E-state index in [-0.39, 0.29) is 5.02 Å². The Morgan fingerprint density at radius 1 is 0.968 bits per heavy atom. The zero-order valence-electron chi connectivity index (χ0n) is 15.7. The SMILES string of the molecule is O=C(c1c(Cl)cccc1C(F)(F)F)n1nc(-c2ccc3cocc3c2)c2ccccc21. The first-order valence-corrected chi connectivity index (χ1v) is 9.57. The van der Waals surface area contributed by atoms with Crippen LogP contribution >= 0.6 is 11.6 Å². The molecule has 0 atom stereocenters. The molecule has 0 fully saturated rings. The third-order valence-electron chi connectivity index (χ3n) is 5.06. The van der Waals surface area contributed by atoms with Crippen LogP contribution in [0.2, 0.25) is 5.02 Å². The van der Waals surface area contributed by atoms with Crippen molar-refractivity contribution in [2.75, 3.05) is 0 Å². The standard InChI is InChI=1S/C23H12ClF3N2O2/c24-18-6-3-5-17(23(25,26)27)20(18)22(30)29-19-7-2-1-4-16(19)21(28-29)13-8-9-14-11-31-12-15(14)10-13/h1-12H. The van der Waals surface area contributed by atoms with Gasteiger partial charge in [-0.25, -0.2) is 0 Å². The Morgan fingerprint density at radius 2 is 1.74 bits per heavy atom. The lowest BCUT2D eigenvalue weighted by Crippen LogP contribution is -2.20. The van der Waals surface area contributed by atoms with Gasteiger partial charge in [0.05, 0.1) is 34.2 Å². The maximum Gasteiger partial charge on any atom is 0.417 e. The minimum Gasteiger partial charge on any atom is -0.471 e. The highest BCUT2D eigenvalue weighted by Gasteiger charge is 2.37. The van der Waals surface area contributed by atoms with Gasteiger partial charge >= 0.3 is 6.18 Å². The zero-order chi connectivity index (χ0) is 21.8. The molecular weight excluding hydrogens is 429 g/mol. The molecule has 0 amide bonds. The predicted octanol–water partition coefficient (Wildman–Crippen LogP) is 6.81. The number of alkyl halides is 3. The third-order valence-corrected chi connectivity index (χ3v) is 5.38. The largest absolute Gasteiger partial charge is 0.471 e. The number of carbonyl (C=O) groups excluding carboxylic acids is 1. The summed E-state index contributed by atoms with van der Waals surface area (Å²) in [7, 11) is 0. The summed E-state index contributed by atoms with van der Waals surface area (Å²) in [4.78, 5) is 13.3. The molecule has 3 aromatic carbocycles. The van der Waals surface area contributed by atoms with Crippen LogP contribution in [-0.2, 0) is 6.18 Å². The van der Waals surface area contributed by atoms with Crippen molar-refractivity contribution in [3.8, 4) is 11.3 Å². The fourth-order valence-electron chi connectivity index (χ4n) is 3.63. The maximum absolute atomic E-state index is 13.6. The fourth-order valence-corrected chi connectivity index (χ4v) is 3.89. The lowest BCUT2D eigenvalue weighted by molar-refractivity contribution is -0.137. The lowest BCUT2D eigenvalue weighted by Gasteiger charge is -2.13. The van der Waals surface area contributed by atoms with Gasteiger partial charge in [-0.1, -0.05) is 48.0 Å². The lowest BCUT2D eigenvalue weighted by atomic mass is 10.1. The van der Waals surface area contributed by atoms with Gasteiger partial charge < -0.3 is 4.42 Å². The summed E-state index contributed by atoms with van der Waals surface area (Å²) < 4.78 is 46.8. The minimum atomic E-state index is -4.74. The number of aromatic nitrogens is 2. The Hall–Kier alpha value is -3.58. The molecule has 2 heterocycles. The summed E-state index contributed by atoms with van der Waals surface area (Å²) in [6, 6.07) is 15.6. The molecule has 154 valence electrons. The molecular formula is C23H12ClF3N2O2. The predicted molar refractivity (Wildman–Crippen MR) is 111 cm³/mol. The molecule has 8 heteroatoms. The van der Waals surface area contributed by atoms with Crippen LogP contribution in [-0.4, -0.2) is 15.7 Å². The number of hydrogen-bond donors (Lipinski definition) is 0. The highest BCUT2D eigenvalue weighted by molar-refractivity contribution is 6.34. The summed E-state index contributed by atoms with van der Waals surface area (Å²) in [5.41, 5.74) is -0.199. The smallest absolute Gasteiger partial charge is 0.417 e. The van der Waals surface area contributed by atoms with Crippen molar-refractivity contribution < 1.29 is 22.4 Å². The van der Waals surface area contributed by atoms with Crippen molar-refractivity contribution in [1.29, 1.82) is 0 Å². The molecule has 0 radical (unpaired) electrons. The molecule has 5 rings (SSSR count). The van der Waals surface area contributed by atoms with Crippen LogP contribution in [0.1, 0.15) is 15.9 Å². The molecule has 2 aromatic heterocycles. The number of para-hydroxylation sites is 1. The Morgan fingerprint density at radius 3 is 2.55 bits per heavy atom. The number of halogens is 4. The van der Waals surface area contributed by atoms with Gasteiger partial charge in [0.2, 0.25) is 0 Å². The Labute approximate surface area is 178 Å². The van der Waals surface area contributed by atoms with E-state index in [0.29, 0.717) is 22.2 Å². The van der Waals surface area contributed by atoms with E-state index in [4.69, 9.17) is 16.0 Å². The van der Waals surface area contributed by atoms with E-state index in [1.807, 2.05) is 18.2 Å². The van der Waals surface area contributed by atoms with Gasteiger partial charge in [-0.3, -0.25) is 4.79 Å². The minimum absolute atomic E-state index is 0.291. The van der Waals surface area contributed by atoms with Crippen molar-refractivity contribution in [1.82, 2.24) is 9.78 Å². The molecule has 0 spiro atoms. The van der Waals surface area contributed by atoms with E-state index in [1.165, 1.54) is 6.07 Å². The number of carbonyl (C=O) groups is 1. The van der Waals surface area contributed by atoms with Crippen molar-refractivity contribution in [2.24, 2.45) is 0 Å². The molecule has 4 nitrogen and oxygen atoms in total. The van der Waals surface area contributed by atoms with Crippen molar-refractivity contribution in [3.63, 3.8) is 0 Å². The first-order valence-electron chi connectivity index (χ1n) is 9.19. The molecule has 31 heavy (non-hydrogen) atoms. The summed E-state index contributed by atoms with van der Waals surface area (Å²) in [6.07, 6.45) is -1.55. The average Bonchev–Trinajstić information content (AvgIpc) is 3.36. The summed E-state index contributed by atoms with van der Waals surface area (Å²) >= 11 is 6.04. The molecule has 0 unspecified atom stereocenters. The van der Waals surface area contributed by atoms with E-state index in [0.717, 1.165) is 27.6 Å². The highest BCUT2D eigenvalue weighted by Crippen LogP contribution is 2.37. The number of nitrogens with zero attached hydrogens (tertiary/aromatic N) is 2. The Balaban J connectivity index is 1.73. The monoisotopic (exact) mass is 440 g/mol. The zero-order valence-corrected chi connectivity index (χ0v) is 16.4. The molecule has 0 aliphatic rings. The first kappa shape index (κ1) is 19.4. The molecule has 5 aromatic rings. The van der Waals surface area contributed by atoms with Crippen molar-refractivity contribution >= 4 is 39.2 Å². The number of rotatable bonds is 2. The second-order valence-corrected chi connectivity index (χ2v) is 7.37. The van der Waals surface area contributed by atoms with E-state index < -0.39 is 23.2 Å². The fraction of sp³-hybridized carbons (Fsp3) is 0.0435. The molecule has 0 saturated heterocycles. The first-order chi connectivity index (χ1) is 14.8. The second-order valence-electron chi connectivity index (χ2n) is 6.96. The summed E-state index contributed by atoms with van der Waals surface area (Å²) in [5.74, 6) is -0.954. The van der Waals surface area contributed by atoms with Crippen molar-refractivity contribution in [3.05, 3.63) is 89.3 Å². The van der Waals surface area contributed by atoms with Crippen LogP contribution < -0.4 is 0 Å². The third kappa shape index (κ3) is 3.18. The number of fused-ring (bicyclic) bond motifs is 2. The van der Waals surface area contributed by atoms with Gasteiger partial charge in [-0.2, -0.15) is 23.0 Å². The molecule has 0 aliphatic heterocycles. The summed E-state index contributed by atoms with van der Waals surface area (Å²) in [5, 5.41) is 6.47. The van der Waals surface area contributed by atoms with Crippen LogP contribution in [0.25, 0.3) is 32.9 Å². The second kappa shape index (κ2) is 6.99. The summed E-state index contributed by atoms with van der Waals surface area (Å²) in [6.45, 7) is 0. The number of furan rings is 1. The Bertz CT molecular complexity index is 1470. The maximum atomic E-state index is 13.6. The normalized spacial score (nSPS) is 12.0. The van der Waals surface area contributed by atoms with E-state index in [9.17, 15) is 18.0 Å². The Kier molecular flexibility index (Phi) is 4.37. The molecule has 0 bridgehead atoms. The van der Waals surface area contributed by atoms with E-state index in [2.05, 4.69) is 5.10 Å². The van der Waals surface area contributed by atoms with Gasteiger partial charge in [-0.05, 0) is 24.3 Å². The molecule has 0 aliphatic carbocycles. The van der Waals surface area contributed by atoms with Crippen LogP contribution in [0.4, 0.5) is 13.2 Å². The topological polar surface area (TPSA) is 48.0 Å². The van der Waals surface area contributed by atoms with Crippen LogP contribution in [0.15, 0.2) is 77.6 Å². The van der Waals surface area contributed by atoms with Crippen LogP contribution in [0.3, 0.4) is 0 Å². The van der Waals surface area contributed by atoms with Gasteiger partial charge in [0.25, 0.3) is 5.91 Å². The van der Waals surface area contributed by atoms with E-state index >= 15 is 0 Å². The molecule has 0 saturated carbocycles. The van der Waals surface area contributed by atoms with Crippen LogP contribution in [0.5, 0.6) is 0 Å². The average molecular weight is 441 g/mol. The van der Waals surface area contributed by atoms with Crippen LogP contribution in [0, 0.1) is 0 Å². The van der Waals surface area contributed by atoms with Gasteiger partial charge in [0.1, 0.15) is 5.69 Å². The highest BCUT2D eigenvalue weighted by atomic mass is 35.5. The van der Waals surface area contributed by atoms with E-state index in [1.54, 1.807) is 36.8 Å². The number of hydrogen-bond acceptors (Lipinski definition) is 3.